The van der Waals surface area contributed by atoms with E-state index in [0.29, 0.717) is 32.3 Å². The van der Waals surface area contributed by atoms with Crippen LogP contribution in [0.5, 0.6) is 5.75 Å². The number of fused-ring (bicyclic) bond motifs is 1. The normalized spacial score (nSPS) is 22.8. The van der Waals surface area contributed by atoms with Crippen molar-refractivity contribution in [1.82, 2.24) is 9.88 Å². The number of carboxylic acids is 1. The molecule has 0 spiro atoms. The summed E-state index contributed by atoms with van der Waals surface area (Å²) in [7, 11) is 0. The lowest BCUT2D eigenvalue weighted by atomic mass is 9.82. The zero-order valence-corrected chi connectivity index (χ0v) is 16.5. The van der Waals surface area contributed by atoms with Crippen LogP contribution in [0.4, 0.5) is 13.2 Å². The standard InChI is InChI=1S/C17H18N2O3S.C2HF3O2/c20-16(15-4-2-6-23-15)19-8-13-9-21-11-17(13,10-19)12-22-14-3-1-5-18-7-14;3-2(4,5)1(6)7/h1-7,13H,8-12H2;(H,6,7)/t13-,17+;/m1./s1. The largest absolute Gasteiger partial charge is 0.491 e. The van der Waals surface area contributed by atoms with Crippen LogP contribution in [0.3, 0.4) is 0 Å². The van der Waals surface area contributed by atoms with E-state index < -0.39 is 12.1 Å². The number of carboxylic acid groups (broad SMARTS) is 1. The smallest absolute Gasteiger partial charge is 0.490 e. The molecular weight excluding hydrogens is 425 g/mol. The van der Waals surface area contributed by atoms with Crippen LogP contribution in [0.25, 0.3) is 0 Å². The van der Waals surface area contributed by atoms with Gasteiger partial charge in [0.25, 0.3) is 5.91 Å². The summed E-state index contributed by atoms with van der Waals surface area (Å²) < 4.78 is 43.4. The summed E-state index contributed by atoms with van der Waals surface area (Å²) in [4.78, 5) is 28.3. The molecule has 1 amide bonds. The molecule has 0 radical (unpaired) electrons. The van der Waals surface area contributed by atoms with Crippen LogP contribution in [0, 0.1) is 11.3 Å². The predicted octanol–water partition coefficient (Wildman–Crippen LogP) is 2.94. The van der Waals surface area contributed by atoms with E-state index >= 15 is 0 Å². The van der Waals surface area contributed by atoms with Crippen LogP contribution in [0.1, 0.15) is 9.67 Å². The van der Waals surface area contributed by atoms with Crippen LogP contribution in [0.15, 0.2) is 42.0 Å². The Bertz CT molecular complexity index is 863. The molecular formula is C19H19F3N2O5S. The van der Waals surface area contributed by atoms with E-state index in [1.807, 2.05) is 34.5 Å². The molecule has 7 nitrogen and oxygen atoms in total. The molecule has 2 atom stereocenters. The second-order valence-corrected chi connectivity index (χ2v) is 7.97. The van der Waals surface area contributed by atoms with Gasteiger partial charge in [-0.3, -0.25) is 9.78 Å². The average molecular weight is 444 g/mol. The molecule has 2 fully saturated rings. The third-order valence-electron chi connectivity index (χ3n) is 4.94. The fraction of sp³-hybridized carbons (Fsp3) is 0.421. The number of carbonyl (C=O) groups excluding carboxylic acids is 1. The third kappa shape index (κ3) is 5.08. The summed E-state index contributed by atoms with van der Waals surface area (Å²) >= 11 is 1.49. The highest BCUT2D eigenvalue weighted by Gasteiger charge is 2.52. The second kappa shape index (κ2) is 9.00. The molecule has 2 saturated heterocycles. The van der Waals surface area contributed by atoms with Crippen molar-refractivity contribution in [2.45, 2.75) is 6.18 Å². The topological polar surface area (TPSA) is 89.0 Å². The number of aromatic nitrogens is 1. The van der Waals surface area contributed by atoms with E-state index in [4.69, 9.17) is 19.4 Å². The Morgan fingerprint density at radius 1 is 1.37 bits per heavy atom. The van der Waals surface area contributed by atoms with E-state index in [1.54, 1.807) is 12.4 Å². The summed E-state index contributed by atoms with van der Waals surface area (Å²) in [5, 5.41) is 9.06. The van der Waals surface area contributed by atoms with E-state index in [-0.39, 0.29) is 11.3 Å². The van der Waals surface area contributed by atoms with Crippen LogP contribution in [-0.2, 0) is 9.53 Å². The van der Waals surface area contributed by atoms with Crippen molar-refractivity contribution in [3.63, 3.8) is 0 Å². The number of aliphatic carboxylic acids is 1. The maximum atomic E-state index is 12.6. The minimum atomic E-state index is -5.08. The number of pyridine rings is 1. The van der Waals surface area contributed by atoms with E-state index in [9.17, 15) is 18.0 Å². The highest BCUT2D eigenvalue weighted by molar-refractivity contribution is 7.12. The Labute approximate surface area is 174 Å². The first-order valence-corrected chi connectivity index (χ1v) is 9.83. The van der Waals surface area contributed by atoms with Gasteiger partial charge >= 0.3 is 12.1 Å². The number of rotatable bonds is 4. The van der Waals surface area contributed by atoms with Gasteiger partial charge < -0.3 is 19.5 Å². The van der Waals surface area contributed by atoms with Gasteiger partial charge in [-0.05, 0) is 23.6 Å². The molecule has 162 valence electrons. The van der Waals surface area contributed by atoms with Gasteiger partial charge in [-0.2, -0.15) is 13.2 Å². The van der Waals surface area contributed by atoms with Crippen molar-refractivity contribution in [3.05, 3.63) is 46.9 Å². The summed E-state index contributed by atoms with van der Waals surface area (Å²) in [6.07, 6.45) is -1.64. The van der Waals surface area contributed by atoms with Gasteiger partial charge in [0, 0.05) is 25.2 Å². The van der Waals surface area contributed by atoms with E-state index in [0.717, 1.165) is 17.2 Å². The molecule has 4 heterocycles. The number of likely N-dealkylation sites (tertiary alicyclic amines) is 1. The van der Waals surface area contributed by atoms with E-state index in [2.05, 4.69) is 4.98 Å². The van der Waals surface area contributed by atoms with E-state index in [1.165, 1.54) is 11.3 Å². The maximum Gasteiger partial charge on any atom is 0.490 e. The predicted molar refractivity (Wildman–Crippen MR) is 100 cm³/mol. The first-order valence-electron chi connectivity index (χ1n) is 8.95. The minimum Gasteiger partial charge on any atom is -0.491 e. The summed E-state index contributed by atoms with van der Waals surface area (Å²) in [6, 6.07) is 7.56. The molecule has 4 rings (SSSR count). The Morgan fingerprint density at radius 2 is 2.13 bits per heavy atom. The van der Waals surface area contributed by atoms with Gasteiger partial charge in [-0.15, -0.1) is 11.3 Å². The third-order valence-corrected chi connectivity index (χ3v) is 5.80. The molecule has 0 saturated carbocycles. The molecule has 0 aromatic carbocycles. The molecule has 0 bridgehead atoms. The van der Waals surface area contributed by atoms with Gasteiger partial charge in [-0.1, -0.05) is 6.07 Å². The SMILES string of the molecule is O=C(O)C(F)(F)F.O=C(c1cccs1)N1C[C@@H]2COC[C@]2(COc2cccnc2)C1. The van der Waals surface area contributed by atoms with Crippen LogP contribution < -0.4 is 4.74 Å². The van der Waals surface area contributed by atoms with Crippen molar-refractivity contribution < 1.29 is 37.3 Å². The fourth-order valence-corrected chi connectivity index (χ4v) is 4.10. The van der Waals surface area contributed by atoms with Gasteiger partial charge in [0.1, 0.15) is 5.75 Å². The minimum absolute atomic E-state index is 0.108. The Balaban J connectivity index is 0.000000318. The van der Waals surface area contributed by atoms with Crippen molar-refractivity contribution in [3.8, 4) is 5.75 Å². The van der Waals surface area contributed by atoms with Crippen LogP contribution >= 0.6 is 11.3 Å². The first-order chi connectivity index (χ1) is 14.2. The molecule has 30 heavy (non-hydrogen) atoms. The van der Waals surface area contributed by atoms with Crippen LogP contribution in [0.2, 0.25) is 0 Å². The quantitative estimate of drug-likeness (QED) is 0.780. The zero-order valence-electron chi connectivity index (χ0n) is 15.7. The highest BCUT2D eigenvalue weighted by Crippen LogP contribution is 2.42. The monoisotopic (exact) mass is 444 g/mol. The summed E-state index contributed by atoms with van der Waals surface area (Å²) in [6.45, 7) is 3.33. The van der Waals surface area contributed by atoms with Crippen molar-refractivity contribution in [2.24, 2.45) is 11.3 Å². The molecule has 2 aromatic rings. The van der Waals surface area contributed by atoms with Crippen molar-refractivity contribution >= 4 is 23.2 Å². The average Bonchev–Trinajstić information content (AvgIpc) is 3.42. The molecule has 1 N–H and O–H groups in total. The second-order valence-electron chi connectivity index (χ2n) is 7.02. The number of amides is 1. The van der Waals surface area contributed by atoms with Gasteiger partial charge in [0.05, 0.1) is 36.3 Å². The summed E-state index contributed by atoms with van der Waals surface area (Å²) in [5.74, 6) is -1.54. The number of hydrogen-bond donors (Lipinski definition) is 1. The lowest BCUT2D eigenvalue weighted by molar-refractivity contribution is -0.192. The Hall–Kier alpha value is -2.66. The number of nitrogens with zero attached hydrogens (tertiary/aromatic N) is 2. The number of thiophene rings is 1. The van der Waals surface area contributed by atoms with Gasteiger partial charge in [-0.25, -0.2) is 4.79 Å². The van der Waals surface area contributed by atoms with Crippen molar-refractivity contribution in [2.75, 3.05) is 32.9 Å². The number of alkyl halides is 3. The molecule has 11 heteroatoms. The highest BCUT2D eigenvalue weighted by atomic mass is 32.1. The number of ether oxygens (including phenoxy) is 2. The lowest BCUT2D eigenvalue weighted by Crippen LogP contribution is -2.38. The van der Waals surface area contributed by atoms with Crippen LogP contribution in [-0.4, -0.2) is 66.0 Å². The molecule has 2 aliphatic heterocycles. The molecule has 0 unspecified atom stereocenters. The molecule has 0 aliphatic carbocycles. The lowest BCUT2D eigenvalue weighted by Gasteiger charge is -2.26. The van der Waals surface area contributed by atoms with Gasteiger partial charge in [0.15, 0.2) is 0 Å². The Kier molecular flexibility index (Phi) is 6.61. The zero-order chi connectivity index (χ0) is 21.8. The number of carbonyl (C=O) groups is 2. The first kappa shape index (κ1) is 22.0. The number of hydrogen-bond acceptors (Lipinski definition) is 6. The molecule has 2 aliphatic rings. The fourth-order valence-electron chi connectivity index (χ4n) is 3.41. The van der Waals surface area contributed by atoms with Gasteiger partial charge in [0.2, 0.25) is 0 Å². The van der Waals surface area contributed by atoms with Crippen molar-refractivity contribution in [1.29, 1.82) is 0 Å². The maximum absolute atomic E-state index is 12.6. The number of halogens is 3. The molecule has 2 aromatic heterocycles. The Morgan fingerprint density at radius 3 is 2.73 bits per heavy atom. The summed E-state index contributed by atoms with van der Waals surface area (Å²) in [5.41, 5.74) is -0.108.